The van der Waals surface area contributed by atoms with E-state index in [1.807, 2.05) is 27.0 Å². The lowest BCUT2D eigenvalue weighted by atomic mass is 9.97. The lowest BCUT2D eigenvalue weighted by Gasteiger charge is -2.11. The van der Waals surface area contributed by atoms with Crippen molar-refractivity contribution < 1.29 is 13.6 Å². The van der Waals surface area contributed by atoms with E-state index in [4.69, 9.17) is 10.2 Å². The van der Waals surface area contributed by atoms with Gasteiger partial charge in [-0.3, -0.25) is 5.32 Å². The second-order valence-corrected chi connectivity index (χ2v) is 9.07. The highest BCUT2D eigenvalue weighted by Gasteiger charge is 2.28. The van der Waals surface area contributed by atoms with Gasteiger partial charge < -0.3 is 20.0 Å². The number of nitrogens with zero attached hydrogens (tertiary/aromatic N) is 5. The number of benzene rings is 1. The van der Waals surface area contributed by atoms with Gasteiger partial charge in [-0.2, -0.15) is 0 Å². The van der Waals surface area contributed by atoms with Gasteiger partial charge in [0, 0.05) is 23.2 Å². The lowest BCUT2D eigenvalue weighted by Crippen LogP contribution is -2.20. The van der Waals surface area contributed by atoms with Crippen LogP contribution in [0.3, 0.4) is 0 Å². The summed E-state index contributed by atoms with van der Waals surface area (Å²) in [6.45, 7) is 5.72. The normalized spacial score (nSPS) is 13.9. The number of urea groups is 1. The minimum Gasteiger partial charge on any atom is -0.407 e. The summed E-state index contributed by atoms with van der Waals surface area (Å²) in [5, 5.41) is 13.3. The predicted octanol–water partition coefficient (Wildman–Crippen LogP) is 4.48. The first-order valence-corrected chi connectivity index (χ1v) is 10.5. The van der Waals surface area contributed by atoms with Gasteiger partial charge in [0.1, 0.15) is 23.6 Å². The van der Waals surface area contributed by atoms with E-state index >= 15 is 0 Å². The van der Waals surface area contributed by atoms with Crippen LogP contribution in [-0.4, -0.2) is 30.8 Å². The third-order valence-electron chi connectivity index (χ3n) is 5.39. The predicted molar refractivity (Wildman–Crippen MR) is 121 cm³/mol. The largest absolute Gasteiger partial charge is 0.407 e. The topological polar surface area (TPSA) is 137 Å². The molecule has 1 aliphatic carbocycles. The molecule has 5 rings (SSSR count). The molecule has 1 fully saturated rings. The van der Waals surface area contributed by atoms with Gasteiger partial charge in [-0.1, -0.05) is 31.9 Å². The van der Waals surface area contributed by atoms with E-state index in [9.17, 15) is 9.18 Å². The van der Waals surface area contributed by atoms with Crippen molar-refractivity contribution in [3.8, 4) is 11.1 Å². The molecular weight excluding hydrogens is 427 g/mol. The zero-order chi connectivity index (χ0) is 23.3. The minimum absolute atomic E-state index is 0.00182. The fourth-order valence-corrected chi connectivity index (χ4v) is 3.57. The first-order chi connectivity index (χ1) is 15.7. The summed E-state index contributed by atoms with van der Waals surface area (Å²) >= 11 is 0. The number of nitrogens with one attached hydrogen (secondary N) is 2. The fraction of sp³-hybridized carbons (Fsp3) is 0.318. The van der Waals surface area contributed by atoms with Crippen LogP contribution in [0.1, 0.15) is 45.5 Å². The summed E-state index contributed by atoms with van der Waals surface area (Å²) in [6.07, 6.45) is 5.50. The van der Waals surface area contributed by atoms with Crippen molar-refractivity contribution >= 4 is 34.6 Å². The van der Waals surface area contributed by atoms with Gasteiger partial charge >= 0.3 is 12.0 Å². The van der Waals surface area contributed by atoms with Crippen LogP contribution in [-0.2, 0) is 5.41 Å². The SMILES string of the molecule is CC(C)(C)c1nnc(NC(=O)Nc2ccc(-c3cn(C4CC4)c4ncnc(N)c34)cc2F)o1. The van der Waals surface area contributed by atoms with Crippen molar-refractivity contribution in [3.63, 3.8) is 0 Å². The van der Waals surface area contributed by atoms with Crippen molar-refractivity contribution in [1.29, 1.82) is 0 Å². The highest BCUT2D eigenvalue weighted by molar-refractivity contribution is 6.02. The van der Waals surface area contributed by atoms with E-state index in [0.717, 1.165) is 24.1 Å². The van der Waals surface area contributed by atoms with Gasteiger partial charge in [-0.15, -0.1) is 5.10 Å². The smallest absolute Gasteiger partial charge is 0.327 e. The van der Waals surface area contributed by atoms with Crippen LogP contribution < -0.4 is 16.4 Å². The number of amides is 2. The number of halogens is 1. The Morgan fingerprint density at radius 2 is 2.00 bits per heavy atom. The van der Waals surface area contributed by atoms with Crippen molar-refractivity contribution in [1.82, 2.24) is 24.7 Å². The van der Waals surface area contributed by atoms with Crippen LogP contribution in [0.4, 0.5) is 26.7 Å². The second kappa shape index (κ2) is 7.54. The Balaban J connectivity index is 1.38. The maximum absolute atomic E-state index is 14.9. The summed E-state index contributed by atoms with van der Waals surface area (Å²) in [5.74, 6) is 0.110. The molecule has 1 aliphatic rings. The Labute approximate surface area is 188 Å². The molecule has 33 heavy (non-hydrogen) atoms. The van der Waals surface area contributed by atoms with Gasteiger partial charge in [-0.05, 0) is 30.5 Å². The number of carbonyl (C=O) groups excluding carboxylic acids is 1. The molecule has 1 saturated carbocycles. The molecule has 0 aliphatic heterocycles. The molecule has 10 nitrogen and oxygen atoms in total. The van der Waals surface area contributed by atoms with Crippen molar-refractivity contribution in [2.75, 3.05) is 16.4 Å². The molecule has 0 unspecified atom stereocenters. The molecule has 0 bridgehead atoms. The van der Waals surface area contributed by atoms with Gasteiger partial charge in [0.25, 0.3) is 0 Å². The summed E-state index contributed by atoms with van der Waals surface area (Å²) < 4.78 is 22.4. The van der Waals surface area contributed by atoms with Crippen LogP contribution in [0.25, 0.3) is 22.2 Å². The molecule has 0 radical (unpaired) electrons. The summed E-state index contributed by atoms with van der Waals surface area (Å²) in [4.78, 5) is 20.8. The van der Waals surface area contributed by atoms with Gasteiger partial charge in [0.15, 0.2) is 0 Å². The van der Waals surface area contributed by atoms with Crippen LogP contribution in [0, 0.1) is 5.82 Å². The number of anilines is 3. The maximum Gasteiger partial charge on any atom is 0.327 e. The zero-order valence-corrected chi connectivity index (χ0v) is 18.4. The molecular formula is C22H23FN8O2. The number of nitrogen functional groups attached to an aromatic ring is 1. The molecule has 2 amide bonds. The Bertz CT molecular complexity index is 1370. The van der Waals surface area contributed by atoms with E-state index in [2.05, 4.69) is 35.4 Å². The molecule has 0 spiro atoms. The highest BCUT2D eigenvalue weighted by Crippen LogP contribution is 2.42. The number of carbonyl (C=O) groups is 1. The van der Waals surface area contributed by atoms with E-state index in [-0.39, 0.29) is 17.1 Å². The van der Waals surface area contributed by atoms with E-state index in [0.29, 0.717) is 28.7 Å². The lowest BCUT2D eigenvalue weighted by molar-refractivity contribution is 0.261. The molecule has 1 aromatic carbocycles. The zero-order valence-electron chi connectivity index (χ0n) is 18.4. The Hall–Kier alpha value is -4.02. The van der Waals surface area contributed by atoms with Crippen LogP contribution in [0.2, 0.25) is 0 Å². The molecule has 0 atom stereocenters. The average Bonchev–Trinajstić information content (AvgIpc) is 3.34. The number of hydrogen-bond donors (Lipinski definition) is 3. The standard InChI is InChI=1S/C22H23FN8O2/c1-22(2,3)19-29-30-21(33-19)28-20(32)27-15-7-4-11(8-14(15)23)13-9-31(12-5-6-12)18-16(13)17(24)25-10-26-18/h4,7-10,12H,5-6H2,1-3H3,(H2,24,25,26)(H2,27,28,30,32). The van der Waals surface area contributed by atoms with Gasteiger partial charge in [0.05, 0.1) is 11.1 Å². The molecule has 4 aromatic rings. The van der Waals surface area contributed by atoms with Crippen molar-refractivity contribution in [2.45, 2.75) is 45.1 Å². The van der Waals surface area contributed by atoms with Gasteiger partial charge in [0.2, 0.25) is 5.89 Å². The number of hydrogen-bond acceptors (Lipinski definition) is 7. The van der Waals surface area contributed by atoms with E-state index in [1.54, 1.807) is 6.07 Å². The Kier molecular flexibility index (Phi) is 4.76. The molecule has 11 heteroatoms. The molecule has 0 saturated heterocycles. The van der Waals surface area contributed by atoms with E-state index < -0.39 is 11.8 Å². The van der Waals surface area contributed by atoms with Crippen molar-refractivity contribution in [2.24, 2.45) is 0 Å². The summed E-state index contributed by atoms with van der Waals surface area (Å²) in [7, 11) is 0. The molecule has 170 valence electrons. The first kappa shape index (κ1) is 20.9. The quantitative estimate of drug-likeness (QED) is 0.417. The monoisotopic (exact) mass is 450 g/mol. The number of nitrogens with two attached hydrogens (primary N) is 1. The highest BCUT2D eigenvalue weighted by atomic mass is 19.1. The fourth-order valence-electron chi connectivity index (χ4n) is 3.57. The Morgan fingerprint density at radius 3 is 2.67 bits per heavy atom. The maximum atomic E-state index is 14.9. The van der Waals surface area contributed by atoms with E-state index in [1.165, 1.54) is 18.5 Å². The average molecular weight is 450 g/mol. The number of fused-ring (bicyclic) bond motifs is 1. The molecule has 4 N–H and O–H groups in total. The number of rotatable bonds is 4. The van der Waals surface area contributed by atoms with Crippen LogP contribution >= 0.6 is 0 Å². The van der Waals surface area contributed by atoms with Crippen LogP contribution in [0.5, 0.6) is 0 Å². The minimum atomic E-state index is -0.700. The first-order valence-electron chi connectivity index (χ1n) is 10.5. The summed E-state index contributed by atoms with van der Waals surface area (Å²) in [5.41, 5.74) is 7.84. The number of aromatic nitrogens is 5. The molecule has 3 aromatic heterocycles. The third-order valence-corrected chi connectivity index (χ3v) is 5.39. The second-order valence-electron chi connectivity index (χ2n) is 9.07. The van der Waals surface area contributed by atoms with Crippen molar-refractivity contribution in [3.05, 3.63) is 42.4 Å². The molecule has 3 heterocycles. The van der Waals surface area contributed by atoms with Gasteiger partial charge in [-0.25, -0.2) is 19.2 Å². The Morgan fingerprint density at radius 1 is 1.21 bits per heavy atom. The third kappa shape index (κ3) is 3.97. The van der Waals surface area contributed by atoms with Crippen LogP contribution in [0.15, 0.2) is 35.1 Å². The summed E-state index contributed by atoms with van der Waals surface area (Å²) in [6, 6.07) is 4.14.